The fourth-order valence-electron chi connectivity index (χ4n) is 2.10. The highest BCUT2D eigenvalue weighted by Gasteiger charge is 2.08. The zero-order valence-corrected chi connectivity index (χ0v) is 12.3. The fraction of sp³-hybridized carbons (Fsp3) is 0.400. The molecule has 0 aliphatic rings. The molecule has 18 heavy (non-hydrogen) atoms. The van der Waals surface area contributed by atoms with Gasteiger partial charge in [0.05, 0.1) is 10.7 Å². The molecule has 0 saturated heterocycles. The summed E-state index contributed by atoms with van der Waals surface area (Å²) in [7, 11) is 1.97. The van der Waals surface area contributed by atoms with E-state index in [4.69, 9.17) is 4.98 Å². The lowest BCUT2D eigenvalue weighted by Crippen LogP contribution is -2.12. The van der Waals surface area contributed by atoms with Crippen molar-refractivity contribution in [2.24, 2.45) is 0 Å². The summed E-state index contributed by atoms with van der Waals surface area (Å²) in [5.41, 5.74) is 5.14. The highest BCUT2D eigenvalue weighted by Crippen LogP contribution is 2.20. The van der Waals surface area contributed by atoms with Crippen molar-refractivity contribution in [3.05, 3.63) is 51.0 Å². The maximum atomic E-state index is 4.69. The summed E-state index contributed by atoms with van der Waals surface area (Å²) in [5.74, 6) is 0. The van der Waals surface area contributed by atoms with Gasteiger partial charge in [-0.25, -0.2) is 4.98 Å². The maximum absolute atomic E-state index is 4.69. The average molecular weight is 260 g/mol. The molecule has 0 radical (unpaired) electrons. The number of nitrogens with zero attached hydrogens (tertiary/aromatic N) is 1. The molecule has 0 aliphatic carbocycles. The second-order valence-electron chi connectivity index (χ2n) is 4.85. The topological polar surface area (TPSA) is 24.9 Å². The molecule has 1 aromatic carbocycles. The molecule has 0 bridgehead atoms. The zero-order chi connectivity index (χ0) is 13.1. The van der Waals surface area contributed by atoms with Gasteiger partial charge < -0.3 is 5.32 Å². The van der Waals surface area contributed by atoms with Gasteiger partial charge in [-0.15, -0.1) is 11.3 Å². The first kappa shape index (κ1) is 13.2. The van der Waals surface area contributed by atoms with E-state index < -0.39 is 0 Å². The van der Waals surface area contributed by atoms with Crippen molar-refractivity contribution in [1.29, 1.82) is 0 Å². The van der Waals surface area contributed by atoms with Crippen LogP contribution < -0.4 is 5.32 Å². The molecule has 96 valence electrons. The molecule has 2 rings (SSSR count). The summed E-state index contributed by atoms with van der Waals surface area (Å²) in [6, 6.07) is 7.03. The third-order valence-electron chi connectivity index (χ3n) is 3.08. The predicted octanol–water partition coefficient (Wildman–Crippen LogP) is 3.63. The molecule has 0 amide bonds. The minimum Gasteiger partial charge on any atom is -0.312 e. The normalized spacial score (nSPS) is 12.7. The highest BCUT2D eigenvalue weighted by atomic mass is 32.1. The molecule has 2 nitrogen and oxygen atoms in total. The van der Waals surface area contributed by atoms with Crippen LogP contribution in [0.1, 0.15) is 40.4 Å². The molecule has 1 unspecified atom stereocenters. The number of nitrogens with one attached hydrogen (secondary N) is 1. The van der Waals surface area contributed by atoms with E-state index in [2.05, 4.69) is 49.7 Å². The monoisotopic (exact) mass is 260 g/mol. The largest absolute Gasteiger partial charge is 0.312 e. The van der Waals surface area contributed by atoms with Crippen LogP contribution in [-0.4, -0.2) is 12.0 Å². The van der Waals surface area contributed by atoms with Crippen LogP contribution in [0.4, 0.5) is 0 Å². The van der Waals surface area contributed by atoms with Gasteiger partial charge in [-0.05, 0) is 33.4 Å². The Morgan fingerprint density at radius 1 is 1.22 bits per heavy atom. The van der Waals surface area contributed by atoms with Gasteiger partial charge >= 0.3 is 0 Å². The van der Waals surface area contributed by atoms with Crippen molar-refractivity contribution in [3.8, 4) is 0 Å². The van der Waals surface area contributed by atoms with Crippen LogP contribution in [0.25, 0.3) is 0 Å². The fourth-order valence-corrected chi connectivity index (χ4v) is 3.02. The summed E-state index contributed by atoms with van der Waals surface area (Å²) in [6.45, 7) is 6.43. The third-order valence-corrected chi connectivity index (χ3v) is 3.95. The van der Waals surface area contributed by atoms with Crippen LogP contribution in [0.5, 0.6) is 0 Å². The van der Waals surface area contributed by atoms with Crippen molar-refractivity contribution in [3.63, 3.8) is 0 Å². The summed E-state index contributed by atoms with van der Waals surface area (Å²) in [5, 5.41) is 6.56. The molecule has 0 spiro atoms. The number of thiazole rings is 1. The standard InChI is InChI=1S/C15H20N2S/c1-10-5-11(2)7-13(6-10)8-15-17-14(9-18-15)12(3)16-4/h5-7,9,12,16H,8H2,1-4H3. The molecule has 1 aromatic heterocycles. The lowest BCUT2D eigenvalue weighted by atomic mass is 10.1. The summed E-state index contributed by atoms with van der Waals surface area (Å²) >= 11 is 1.75. The molecule has 0 fully saturated rings. The van der Waals surface area contributed by atoms with Crippen molar-refractivity contribution < 1.29 is 0 Å². The van der Waals surface area contributed by atoms with Gasteiger partial charge in [-0.2, -0.15) is 0 Å². The van der Waals surface area contributed by atoms with E-state index in [0.717, 1.165) is 12.1 Å². The molecule has 0 aliphatic heterocycles. The second kappa shape index (κ2) is 5.63. The quantitative estimate of drug-likeness (QED) is 0.908. The number of benzene rings is 1. The minimum atomic E-state index is 0.328. The Bertz CT molecular complexity index is 511. The van der Waals surface area contributed by atoms with Gasteiger partial charge in [0.25, 0.3) is 0 Å². The van der Waals surface area contributed by atoms with Gasteiger partial charge in [-0.3, -0.25) is 0 Å². The minimum absolute atomic E-state index is 0.328. The van der Waals surface area contributed by atoms with Gasteiger partial charge in [0.2, 0.25) is 0 Å². The van der Waals surface area contributed by atoms with Crippen molar-refractivity contribution >= 4 is 11.3 Å². The van der Waals surface area contributed by atoms with E-state index in [1.54, 1.807) is 11.3 Å². The summed E-state index contributed by atoms with van der Waals surface area (Å²) in [4.78, 5) is 4.69. The van der Waals surface area contributed by atoms with E-state index in [1.807, 2.05) is 7.05 Å². The number of hydrogen-bond acceptors (Lipinski definition) is 3. The van der Waals surface area contributed by atoms with Gasteiger partial charge in [-0.1, -0.05) is 29.3 Å². The van der Waals surface area contributed by atoms with Crippen LogP contribution in [0.3, 0.4) is 0 Å². The Hall–Kier alpha value is -1.19. The molecular weight excluding hydrogens is 240 g/mol. The Kier molecular flexibility index (Phi) is 4.15. The van der Waals surface area contributed by atoms with E-state index in [9.17, 15) is 0 Å². The number of aryl methyl sites for hydroxylation is 2. The SMILES string of the molecule is CNC(C)c1csc(Cc2cc(C)cc(C)c2)n1. The molecule has 1 atom stereocenters. The van der Waals surface area contributed by atoms with Crippen molar-refractivity contribution in [1.82, 2.24) is 10.3 Å². The lowest BCUT2D eigenvalue weighted by Gasteiger charge is -2.05. The average Bonchev–Trinajstić information content (AvgIpc) is 2.75. The molecule has 3 heteroatoms. The third kappa shape index (κ3) is 3.18. The Balaban J connectivity index is 2.16. The highest BCUT2D eigenvalue weighted by molar-refractivity contribution is 7.09. The number of rotatable bonds is 4. The summed E-state index contributed by atoms with van der Waals surface area (Å²) in [6.07, 6.45) is 0.934. The van der Waals surface area contributed by atoms with Crippen LogP contribution in [0, 0.1) is 13.8 Å². The first-order chi connectivity index (χ1) is 8.58. The van der Waals surface area contributed by atoms with Gasteiger partial charge in [0, 0.05) is 17.8 Å². The maximum Gasteiger partial charge on any atom is 0.0972 e. The van der Waals surface area contributed by atoms with Crippen LogP contribution >= 0.6 is 11.3 Å². The zero-order valence-electron chi connectivity index (χ0n) is 11.4. The predicted molar refractivity (Wildman–Crippen MR) is 78.3 cm³/mol. The van der Waals surface area contributed by atoms with Crippen molar-refractivity contribution in [2.45, 2.75) is 33.2 Å². The second-order valence-corrected chi connectivity index (χ2v) is 5.79. The first-order valence-electron chi connectivity index (χ1n) is 6.27. The molecule has 1 heterocycles. The Labute approximate surface area is 113 Å². The van der Waals surface area contributed by atoms with Gasteiger partial charge in [0.15, 0.2) is 0 Å². The van der Waals surface area contributed by atoms with E-state index in [1.165, 1.54) is 21.7 Å². The van der Waals surface area contributed by atoms with Gasteiger partial charge in [0.1, 0.15) is 0 Å². The van der Waals surface area contributed by atoms with Crippen LogP contribution in [0.15, 0.2) is 23.6 Å². The van der Waals surface area contributed by atoms with Crippen LogP contribution in [-0.2, 0) is 6.42 Å². The molecule has 2 aromatic rings. The molecular formula is C15H20N2S. The van der Waals surface area contributed by atoms with E-state index in [0.29, 0.717) is 6.04 Å². The molecule has 0 saturated carbocycles. The molecule has 1 N–H and O–H groups in total. The first-order valence-corrected chi connectivity index (χ1v) is 7.15. The van der Waals surface area contributed by atoms with Crippen LogP contribution in [0.2, 0.25) is 0 Å². The van der Waals surface area contributed by atoms with Crippen molar-refractivity contribution in [2.75, 3.05) is 7.05 Å². The van der Waals surface area contributed by atoms with E-state index >= 15 is 0 Å². The lowest BCUT2D eigenvalue weighted by molar-refractivity contribution is 0.635. The van der Waals surface area contributed by atoms with E-state index in [-0.39, 0.29) is 0 Å². The smallest absolute Gasteiger partial charge is 0.0972 e. The summed E-state index contributed by atoms with van der Waals surface area (Å²) < 4.78 is 0. The Morgan fingerprint density at radius 3 is 2.50 bits per heavy atom. The number of hydrogen-bond donors (Lipinski definition) is 1. The number of aromatic nitrogens is 1. The Morgan fingerprint density at radius 2 is 1.89 bits per heavy atom.